The van der Waals surface area contributed by atoms with E-state index in [1.54, 1.807) is 12.1 Å². The first-order valence-electron chi connectivity index (χ1n) is 3.39. The maximum atomic E-state index is 10.9. The van der Waals surface area contributed by atoms with Crippen molar-refractivity contribution in [2.24, 2.45) is 0 Å². The van der Waals surface area contributed by atoms with Gasteiger partial charge in [-0.3, -0.25) is 0 Å². The van der Waals surface area contributed by atoms with Crippen LogP contribution in [0, 0.1) is 0 Å². The summed E-state index contributed by atoms with van der Waals surface area (Å²) in [5.41, 5.74) is 0.674. The minimum absolute atomic E-state index is 0.457. The molecule has 0 amide bonds. The number of hydrogen-bond donors (Lipinski definition) is 0. The van der Waals surface area contributed by atoms with Gasteiger partial charge in [0.25, 0.3) is 0 Å². The molecule has 2 aromatic rings. The molecule has 0 saturated carbocycles. The van der Waals surface area contributed by atoms with Gasteiger partial charge in [0.15, 0.2) is 0 Å². The summed E-state index contributed by atoms with van der Waals surface area (Å²) in [6.07, 6.45) is 0. The van der Waals surface area contributed by atoms with E-state index in [0.717, 1.165) is 4.68 Å². The van der Waals surface area contributed by atoms with Gasteiger partial charge < -0.3 is 0 Å². The predicted molar refractivity (Wildman–Crippen MR) is 39.3 cm³/mol. The molecule has 0 bridgehead atoms. The highest BCUT2D eigenvalue weighted by Gasteiger charge is 2.05. The summed E-state index contributed by atoms with van der Waals surface area (Å²) in [6.45, 7) is 0. The molecular formula is C7H5N4O. The van der Waals surface area contributed by atoms with Crippen molar-refractivity contribution in [3.63, 3.8) is 0 Å². The van der Waals surface area contributed by atoms with E-state index in [1.165, 1.54) is 0 Å². The van der Waals surface area contributed by atoms with Gasteiger partial charge in [-0.15, -0.1) is 0 Å². The monoisotopic (exact) mass is 161 g/mol. The lowest BCUT2D eigenvalue weighted by Crippen LogP contribution is -1.94. The maximum absolute atomic E-state index is 10.9. The molecule has 0 atom stereocenters. The maximum Gasteiger partial charge on any atom is 0.390 e. The third-order valence-corrected chi connectivity index (χ3v) is 1.44. The topological polar surface area (TPSA) is 63.5 Å². The van der Waals surface area contributed by atoms with Crippen molar-refractivity contribution < 1.29 is 5.11 Å². The third-order valence-electron chi connectivity index (χ3n) is 1.44. The van der Waals surface area contributed by atoms with Crippen molar-refractivity contribution >= 4 is 0 Å². The van der Waals surface area contributed by atoms with Crippen molar-refractivity contribution in [3.05, 3.63) is 30.3 Å². The highest BCUT2D eigenvalue weighted by atomic mass is 16.3. The normalized spacial score (nSPS) is 10.0. The van der Waals surface area contributed by atoms with E-state index >= 15 is 0 Å². The number of nitrogens with zero attached hydrogens (tertiary/aromatic N) is 4. The molecule has 5 nitrogen and oxygen atoms in total. The molecule has 0 saturated heterocycles. The Morgan fingerprint density at radius 1 is 1.17 bits per heavy atom. The average molecular weight is 161 g/mol. The fourth-order valence-corrected chi connectivity index (χ4v) is 0.910. The first-order valence-corrected chi connectivity index (χ1v) is 3.39. The molecule has 0 aliphatic carbocycles. The van der Waals surface area contributed by atoms with Gasteiger partial charge in [0.2, 0.25) is 0 Å². The minimum atomic E-state index is -0.457. The molecule has 2 rings (SSSR count). The summed E-state index contributed by atoms with van der Waals surface area (Å²) in [5, 5.41) is 21.0. The number of tetrazole rings is 1. The number of aromatic nitrogens is 4. The van der Waals surface area contributed by atoms with Crippen LogP contribution in [0.25, 0.3) is 5.69 Å². The lowest BCUT2D eigenvalue weighted by Gasteiger charge is -1.95. The van der Waals surface area contributed by atoms with Crippen LogP contribution in [0.2, 0.25) is 0 Å². The van der Waals surface area contributed by atoms with E-state index in [1.807, 2.05) is 18.2 Å². The summed E-state index contributed by atoms with van der Waals surface area (Å²) < 4.78 is 1.14. The second-order valence-electron chi connectivity index (χ2n) is 2.21. The van der Waals surface area contributed by atoms with Gasteiger partial charge in [-0.25, -0.2) is 5.11 Å². The number of benzene rings is 1. The van der Waals surface area contributed by atoms with Crippen molar-refractivity contribution in [1.82, 2.24) is 20.2 Å². The van der Waals surface area contributed by atoms with E-state index in [2.05, 4.69) is 15.5 Å². The van der Waals surface area contributed by atoms with Crippen LogP contribution in [0.5, 0.6) is 6.01 Å². The lowest BCUT2D eigenvalue weighted by molar-refractivity contribution is 0.308. The van der Waals surface area contributed by atoms with E-state index < -0.39 is 6.01 Å². The Morgan fingerprint density at radius 2 is 1.92 bits per heavy atom. The molecule has 0 aliphatic heterocycles. The Morgan fingerprint density at radius 3 is 2.50 bits per heavy atom. The van der Waals surface area contributed by atoms with E-state index in [0.29, 0.717) is 5.69 Å². The molecule has 59 valence electrons. The first-order chi connectivity index (χ1) is 5.88. The van der Waals surface area contributed by atoms with Crippen LogP contribution in [-0.2, 0) is 5.11 Å². The molecule has 0 N–H and O–H groups in total. The molecule has 0 aliphatic rings. The standard InChI is InChI=1S/C7H5N4O/c12-7-8-9-10-11(7)6-4-2-1-3-5-6/h1-5H. The van der Waals surface area contributed by atoms with Crippen molar-refractivity contribution in [2.75, 3.05) is 0 Å². The summed E-state index contributed by atoms with van der Waals surface area (Å²) in [5.74, 6) is 0. The van der Waals surface area contributed by atoms with Gasteiger partial charge in [0.05, 0.1) is 5.69 Å². The van der Waals surface area contributed by atoms with Crippen LogP contribution in [-0.4, -0.2) is 20.2 Å². The summed E-state index contributed by atoms with van der Waals surface area (Å²) in [7, 11) is 0. The molecule has 0 fully saturated rings. The van der Waals surface area contributed by atoms with Gasteiger partial charge in [0, 0.05) is 0 Å². The van der Waals surface area contributed by atoms with Crippen molar-refractivity contribution in [3.8, 4) is 11.7 Å². The summed E-state index contributed by atoms with van der Waals surface area (Å²) in [4.78, 5) is 0. The highest BCUT2D eigenvalue weighted by molar-refractivity contribution is 5.31. The second kappa shape index (κ2) is 2.61. The van der Waals surface area contributed by atoms with Crippen molar-refractivity contribution in [2.45, 2.75) is 0 Å². The molecule has 0 spiro atoms. The Hall–Kier alpha value is -1.91. The molecular weight excluding hydrogens is 156 g/mol. The predicted octanol–water partition coefficient (Wildman–Crippen LogP) is 0.806. The van der Waals surface area contributed by atoms with E-state index in [-0.39, 0.29) is 0 Å². The molecule has 5 heteroatoms. The molecule has 1 aromatic carbocycles. The minimum Gasteiger partial charge on any atom is -0.242 e. The third kappa shape index (κ3) is 1.01. The largest absolute Gasteiger partial charge is 0.390 e. The zero-order valence-electron chi connectivity index (χ0n) is 6.08. The highest BCUT2D eigenvalue weighted by Crippen LogP contribution is 2.10. The van der Waals surface area contributed by atoms with Gasteiger partial charge in [-0.05, 0) is 22.6 Å². The van der Waals surface area contributed by atoms with Crippen LogP contribution < -0.4 is 0 Å². The molecule has 12 heavy (non-hydrogen) atoms. The quantitative estimate of drug-likeness (QED) is 0.621. The van der Waals surface area contributed by atoms with Crippen LogP contribution in [0.4, 0.5) is 0 Å². The fourth-order valence-electron chi connectivity index (χ4n) is 0.910. The summed E-state index contributed by atoms with van der Waals surface area (Å²) in [6, 6.07) is 8.56. The van der Waals surface area contributed by atoms with Gasteiger partial charge in [-0.2, -0.15) is 4.68 Å². The van der Waals surface area contributed by atoms with Gasteiger partial charge in [-0.1, -0.05) is 23.3 Å². The lowest BCUT2D eigenvalue weighted by atomic mass is 10.3. The Kier molecular flexibility index (Phi) is 1.48. The van der Waals surface area contributed by atoms with Crippen LogP contribution in [0.3, 0.4) is 0 Å². The van der Waals surface area contributed by atoms with Gasteiger partial charge in [0.1, 0.15) is 0 Å². The SMILES string of the molecule is [O]c1nnnn1-c1ccccc1. The number of para-hydroxylation sites is 1. The average Bonchev–Trinajstić information content (AvgIpc) is 2.53. The zero-order chi connectivity index (χ0) is 8.39. The van der Waals surface area contributed by atoms with Gasteiger partial charge >= 0.3 is 6.01 Å². The Bertz CT molecular complexity index is 370. The zero-order valence-corrected chi connectivity index (χ0v) is 6.08. The Labute approximate surface area is 68.3 Å². The Balaban J connectivity index is 2.51. The van der Waals surface area contributed by atoms with Crippen LogP contribution in [0.15, 0.2) is 30.3 Å². The van der Waals surface area contributed by atoms with Crippen LogP contribution >= 0.6 is 0 Å². The molecule has 1 heterocycles. The van der Waals surface area contributed by atoms with Crippen molar-refractivity contribution in [1.29, 1.82) is 0 Å². The molecule has 1 aromatic heterocycles. The van der Waals surface area contributed by atoms with E-state index in [4.69, 9.17) is 0 Å². The number of rotatable bonds is 1. The van der Waals surface area contributed by atoms with Crippen LogP contribution in [0.1, 0.15) is 0 Å². The van der Waals surface area contributed by atoms with E-state index in [9.17, 15) is 5.11 Å². The summed E-state index contributed by atoms with van der Waals surface area (Å²) >= 11 is 0. The number of hydrogen-bond acceptors (Lipinski definition) is 3. The second-order valence-corrected chi connectivity index (χ2v) is 2.21. The fraction of sp³-hybridized carbons (Fsp3) is 0. The molecule has 0 unspecified atom stereocenters. The first kappa shape index (κ1) is 6.78. The smallest absolute Gasteiger partial charge is 0.242 e. The molecule has 1 radical (unpaired) electrons.